The van der Waals surface area contributed by atoms with Gasteiger partial charge in [-0.1, -0.05) is 27.2 Å². The molecule has 1 unspecified atom stereocenters. The summed E-state index contributed by atoms with van der Waals surface area (Å²) in [5.41, 5.74) is 1.31. The minimum Gasteiger partial charge on any atom is -0.464 e. The molecule has 5 rings (SSSR count). The molecule has 1 amide bonds. The highest BCUT2D eigenvalue weighted by Crippen LogP contribution is 2.66. The summed E-state index contributed by atoms with van der Waals surface area (Å²) >= 11 is 0. The standard InChI is InChI=1S/C30H48N2O4/c1-8-31(5)28(33)23-20-16-19(18-32-14-9-10-15-32)36-22(20)17-21-24(23)25(34-6)26(35-7)27-29(2,3)12-11-13-30(21,27)4/h16,21,23-27H,8-15,17-18H2,1-7H3/t21-,23+,24+,25+,26-,27?,30+/m0/s1. The smallest absolute Gasteiger partial charge is 0.230 e. The van der Waals surface area contributed by atoms with E-state index in [0.717, 1.165) is 43.1 Å². The molecule has 0 bridgehead atoms. The maximum atomic E-state index is 14.1. The Morgan fingerprint density at radius 3 is 2.44 bits per heavy atom. The second-order valence-corrected chi connectivity index (χ2v) is 13.0. The highest BCUT2D eigenvalue weighted by Gasteiger charge is 2.65. The van der Waals surface area contributed by atoms with Crippen LogP contribution in [-0.2, 0) is 27.2 Å². The molecular formula is C30H48N2O4. The van der Waals surface area contributed by atoms with Gasteiger partial charge in [0.15, 0.2) is 0 Å². The van der Waals surface area contributed by atoms with E-state index in [-0.39, 0.29) is 40.8 Å². The van der Waals surface area contributed by atoms with Gasteiger partial charge in [0.25, 0.3) is 0 Å². The number of ether oxygens (including phenoxy) is 2. The van der Waals surface area contributed by atoms with Crippen LogP contribution in [0, 0.1) is 28.6 Å². The number of carbonyl (C=O) groups excluding carboxylic acids is 1. The summed E-state index contributed by atoms with van der Waals surface area (Å²) in [4.78, 5) is 18.5. The third-order valence-corrected chi connectivity index (χ3v) is 10.7. The van der Waals surface area contributed by atoms with Crippen molar-refractivity contribution in [3.05, 3.63) is 23.2 Å². The second kappa shape index (κ2) is 9.74. The number of hydrogen-bond acceptors (Lipinski definition) is 5. The molecular weight excluding hydrogens is 452 g/mol. The largest absolute Gasteiger partial charge is 0.464 e. The number of amides is 1. The van der Waals surface area contributed by atoms with E-state index in [1.165, 1.54) is 32.1 Å². The van der Waals surface area contributed by atoms with Gasteiger partial charge in [0.05, 0.1) is 24.7 Å². The molecule has 2 saturated carbocycles. The first kappa shape index (κ1) is 26.2. The third-order valence-electron chi connectivity index (χ3n) is 10.7. The van der Waals surface area contributed by atoms with E-state index in [1.54, 1.807) is 0 Å². The summed E-state index contributed by atoms with van der Waals surface area (Å²) in [6, 6.07) is 2.21. The Kier molecular flexibility index (Phi) is 7.10. The zero-order valence-corrected chi connectivity index (χ0v) is 23.6. The van der Waals surface area contributed by atoms with Crippen LogP contribution < -0.4 is 0 Å². The van der Waals surface area contributed by atoms with Crippen LogP contribution in [0.4, 0.5) is 0 Å². The lowest BCUT2D eigenvalue weighted by atomic mass is 9.42. The van der Waals surface area contributed by atoms with Gasteiger partial charge >= 0.3 is 0 Å². The molecule has 7 atom stereocenters. The van der Waals surface area contributed by atoms with Crippen LogP contribution in [0.1, 0.15) is 82.8 Å². The lowest BCUT2D eigenvalue weighted by molar-refractivity contribution is -0.232. The van der Waals surface area contributed by atoms with Gasteiger partial charge in [-0.2, -0.15) is 0 Å². The summed E-state index contributed by atoms with van der Waals surface area (Å²) in [5.74, 6) is 2.75. The first-order chi connectivity index (χ1) is 17.2. The Balaban J connectivity index is 1.63. The normalized spacial score (nSPS) is 37.8. The van der Waals surface area contributed by atoms with Crippen molar-refractivity contribution in [1.82, 2.24) is 9.80 Å². The Morgan fingerprint density at radius 1 is 1.11 bits per heavy atom. The molecule has 3 fully saturated rings. The fourth-order valence-corrected chi connectivity index (χ4v) is 9.05. The average Bonchev–Trinajstić information content (AvgIpc) is 3.50. The molecule has 0 aromatic carbocycles. The average molecular weight is 501 g/mol. The van der Waals surface area contributed by atoms with E-state index in [4.69, 9.17) is 13.9 Å². The van der Waals surface area contributed by atoms with Gasteiger partial charge in [0, 0.05) is 45.7 Å². The number of carbonyl (C=O) groups is 1. The van der Waals surface area contributed by atoms with Crippen LogP contribution in [0.25, 0.3) is 0 Å². The van der Waals surface area contributed by atoms with Gasteiger partial charge in [-0.25, -0.2) is 0 Å². The molecule has 0 radical (unpaired) electrons. The van der Waals surface area contributed by atoms with Gasteiger partial charge in [-0.15, -0.1) is 0 Å². The lowest BCUT2D eigenvalue weighted by Gasteiger charge is -2.65. The molecule has 1 aromatic rings. The van der Waals surface area contributed by atoms with Crippen LogP contribution >= 0.6 is 0 Å². The Labute approximate surface area is 218 Å². The van der Waals surface area contributed by atoms with Gasteiger partial charge in [0.1, 0.15) is 11.5 Å². The number of hydrogen-bond donors (Lipinski definition) is 0. The number of furan rings is 1. The minimum atomic E-state index is -0.259. The quantitative estimate of drug-likeness (QED) is 0.544. The number of nitrogens with zero attached hydrogens (tertiary/aromatic N) is 2. The first-order valence-corrected chi connectivity index (χ1v) is 14.3. The van der Waals surface area contributed by atoms with Crippen molar-refractivity contribution in [3.8, 4) is 0 Å². The van der Waals surface area contributed by atoms with Gasteiger partial charge in [-0.05, 0) is 74.4 Å². The molecule has 0 N–H and O–H groups in total. The van der Waals surface area contributed by atoms with Crippen molar-refractivity contribution in [2.24, 2.45) is 28.6 Å². The molecule has 0 spiro atoms. The number of methoxy groups -OCH3 is 2. The summed E-state index contributed by atoms with van der Waals surface area (Å²) in [6.45, 7) is 13.2. The Bertz CT molecular complexity index is 951. The maximum absolute atomic E-state index is 14.1. The van der Waals surface area contributed by atoms with Crippen LogP contribution in [0.3, 0.4) is 0 Å². The second-order valence-electron chi connectivity index (χ2n) is 13.0. The van der Waals surface area contributed by atoms with E-state index in [2.05, 4.69) is 38.7 Å². The fraction of sp³-hybridized carbons (Fsp3) is 0.833. The zero-order chi connectivity index (χ0) is 25.8. The Morgan fingerprint density at radius 2 is 1.81 bits per heavy atom. The fourth-order valence-electron chi connectivity index (χ4n) is 9.05. The van der Waals surface area contributed by atoms with Crippen molar-refractivity contribution in [1.29, 1.82) is 0 Å². The topological polar surface area (TPSA) is 55.2 Å². The Hall–Kier alpha value is -1.37. The molecule has 1 aliphatic heterocycles. The zero-order valence-electron chi connectivity index (χ0n) is 23.6. The van der Waals surface area contributed by atoms with E-state index in [0.29, 0.717) is 18.4 Å². The molecule has 36 heavy (non-hydrogen) atoms. The van der Waals surface area contributed by atoms with Crippen molar-refractivity contribution in [2.45, 2.75) is 90.9 Å². The molecule has 4 aliphatic rings. The predicted octanol–water partition coefficient (Wildman–Crippen LogP) is 5.10. The monoisotopic (exact) mass is 500 g/mol. The van der Waals surface area contributed by atoms with E-state index >= 15 is 0 Å². The molecule has 202 valence electrons. The van der Waals surface area contributed by atoms with Gasteiger partial charge in [0.2, 0.25) is 5.91 Å². The molecule has 1 aromatic heterocycles. The van der Waals surface area contributed by atoms with E-state index < -0.39 is 0 Å². The van der Waals surface area contributed by atoms with Crippen molar-refractivity contribution in [2.75, 3.05) is 40.9 Å². The first-order valence-electron chi connectivity index (χ1n) is 14.3. The highest BCUT2D eigenvalue weighted by molar-refractivity contribution is 5.85. The van der Waals surface area contributed by atoms with Crippen molar-refractivity contribution < 1.29 is 18.7 Å². The molecule has 3 aliphatic carbocycles. The number of rotatable bonds is 6. The molecule has 6 heteroatoms. The van der Waals surface area contributed by atoms with Crippen LogP contribution in [0.2, 0.25) is 0 Å². The summed E-state index contributed by atoms with van der Waals surface area (Å²) in [6.07, 6.45) is 6.84. The van der Waals surface area contributed by atoms with E-state index in [1.807, 2.05) is 26.2 Å². The predicted molar refractivity (Wildman–Crippen MR) is 141 cm³/mol. The number of likely N-dealkylation sites (tertiary alicyclic amines) is 1. The van der Waals surface area contributed by atoms with Crippen LogP contribution in [0.15, 0.2) is 10.5 Å². The molecule has 6 nitrogen and oxygen atoms in total. The van der Waals surface area contributed by atoms with Gasteiger partial charge in [-0.3, -0.25) is 9.69 Å². The minimum absolute atomic E-state index is 0.0312. The summed E-state index contributed by atoms with van der Waals surface area (Å²) < 4.78 is 19.3. The highest BCUT2D eigenvalue weighted by atomic mass is 16.5. The lowest BCUT2D eigenvalue weighted by Crippen LogP contribution is -2.66. The van der Waals surface area contributed by atoms with Gasteiger partial charge < -0.3 is 18.8 Å². The molecule has 2 heterocycles. The number of likely N-dealkylation sites (N-methyl/N-ethyl adjacent to an activating group) is 1. The van der Waals surface area contributed by atoms with Crippen LogP contribution in [0.5, 0.6) is 0 Å². The molecule has 1 saturated heterocycles. The maximum Gasteiger partial charge on any atom is 0.230 e. The summed E-state index contributed by atoms with van der Waals surface area (Å²) in [7, 11) is 5.60. The third kappa shape index (κ3) is 4.06. The van der Waals surface area contributed by atoms with Crippen molar-refractivity contribution >= 4 is 5.91 Å². The van der Waals surface area contributed by atoms with E-state index in [9.17, 15) is 4.79 Å². The SMILES string of the molecule is CCN(C)C(=O)[C@@H]1c2cc(CN3CCCC3)oc2C[C@H]2[C@H]1[C@@H](OC)[C@H](OC)C1C(C)(C)CCC[C@@]12C. The van der Waals surface area contributed by atoms with Crippen molar-refractivity contribution in [3.63, 3.8) is 0 Å². The summed E-state index contributed by atoms with van der Waals surface area (Å²) in [5, 5.41) is 0. The number of fused-ring (bicyclic) bond motifs is 4. The van der Waals surface area contributed by atoms with Crippen LogP contribution in [-0.4, -0.2) is 68.8 Å².